The summed E-state index contributed by atoms with van der Waals surface area (Å²) in [6.07, 6.45) is 10.8. The second-order valence-electron chi connectivity index (χ2n) is 10.8. The van der Waals surface area contributed by atoms with Crippen LogP contribution in [0.25, 0.3) is 0 Å². The van der Waals surface area contributed by atoms with Crippen molar-refractivity contribution in [1.82, 2.24) is 0 Å². The maximum Gasteiger partial charge on any atom is 0.318 e. The Bertz CT molecular complexity index is 609. The Labute approximate surface area is 159 Å². The Morgan fingerprint density at radius 1 is 0.962 bits per heavy atom. The lowest BCUT2D eigenvalue weighted by Gasteiger charge is -2.61. The van der Waals surface area contributed by atoms with Crippen molar-refractivity contribution in [2.45, 2.75) is 84.2 Å². The quantitative estimate of drug-likeness (QED) is 0.628. The number of fused-ring (bicyclic) bond motifs is 5. The normalized spacial score (nSPS) is 51.8. The third kappa shape index (κ3) is 2.71. The van der Waals surface area contributed by atoms with Gasteiger partial charge in [0.25, 0.3) is 0 Å². The summed E-state index contributed by atoms with van der Waals surface area (Å²) < 4.78 is 23.1. The van der Waals surface area contributed by atoms with E-state index >= 15 is 0 Å². The average molecular weight is 381 g/mol. The van der Waals surface area contributed by atoms with E-state index in [0.717, 1.165) is 37.0 Å². The van der Waals surface area contributed by atoms with Crippen molar-refractivity contribution in [2.24, 2.45) is 46.3 Å². The van der Waals surface area contributed by atoms with Crippen molar-refractivity contribution >= 4 is 7.68 Å². The van der Waals surface area contributed by atoms with E-state index in [1.165, 1.54) is 38.5 Å². The van der Waals surface area contributed by atoms with Gasteiger partial charge in [0.15, 0.2) is 0 Å². The second kappa shape index (κ2) is 6.73. The minimum Gasteiger partial charge on any atom is -0.396 e. The Kier molecular flexibility index (Phi) is 4.97. The first-order valence-electron chi connectivity index (χ1n) is 11.1. The first-order chi connectivity index (χ1) is 12.3. The lowest BCUT2D eigenvalue weighted by atomic mass is 9.44. The SMILES string of the molecule is C[C@H](CO)[C@H]1CC[C@H]2[C@@H]3CC[C@H]4CC(P(=O)=O)CC[C@]4(C)[C@H]3CC[C@]12C. The molecule has 4 rings (SSSR count). The van der Waals surface area contributed by atoms with Crippen molar-refractivity contribution in [3.05, 3.63) is 0 Å². The molecule has 4 aliphatic carbocycles. The fraction of sp³-hybridized carbons (Fsp3) is 1.00. The van der Waals surface area contributed by atoms with Crippen LogP contribution < -0.4 is 0 Å². The molecule has 26 heavy (non-hydrogen) atoms. The van der Waals surface area contributed by atoms with Gasteiger partial charge in [-0.05, 0) is 104 Å². The molecule has 1 unspecified atom stereocenters. The van der Waals surface area contributed by atoms with Gasteiger partial charge in [-0.2, -0.15) is 0 Å². The van der Waals surface area contributed by atoms with Crippen LogP contribution in [0.5, 0.6) is 0 Å². The van der Waals surface area contributed by atoms with Crippen molar-refractivity contribution in [3.63, 3.8) is 0 Å². The highest BCUT2D eigenvalue weighted by atomic mass is 31.1. The lowest BCUT2D eigenvalue weighted by molar-refractivity contribution is -0.114. The number of hydrogen-bond acceptors (Lipinski definition) is 3. The fourth-order valence-electron chi connectivity index (χ4n) is 8.53. The molecule has 0 spiro atoms. The molecule has 0 aliphatic heterocycles. The smallest absolute Gasteiger partial charge is 0.318 e. The van der Waals surface area contributed by atoms with E-state index < -0.39 is 7.68 Å². The van der Waals surface area contributed by atoms with Crippen molar-refractivity contribution in [1.29, 1.82) is 0 Å². The number of rotatable bonds is 3. The van der Waals surface area contributed by atoms with E-state index in [0.29, 0.717) is 35.2 Å². The number of hydrogen-bond donors (Lipinski definition) is 1. The van der Waals surface area contributed by atoms with Crippen LogP contribution in [0, 0.1) is 46.3 Å². The Morgan fingerprint density at radius 3 is 2.35 bits per heavy atom. The Hall–Kier alpha value is -0.140. The summed E-state index contributed by atoms with van der Waals surface area (Å²) in [4.78, 5) is 0. The highest BCUT2D eigenvalue weighted by molar-refractivity contribution is 7.31. The molecule has 0 aromatic heterocycles. The van der Waals surface area contributed by atoms with E-state index in [2.05, 4.69) is 20.8 Å². The first-order valence-corrected chi connectivity index (χ1v) is 12.3. The summed E-state index contributed by atoms with van der Waals surface area (Å²) in [7, 11) is -2.25. The van der Waals surface area contributed by atoms with E-state index in [1.807, 2.05) is 0 Å². The van der Waals surface area contributed by atoms with Gasteiger partial charge in [-0.15, -0.1) is 0 Å². The van der Waals surface area contributed by atoms with Gasteiger partial charge in [0, 0.05) is 6.61 Å². The third-order valence-electron chi connectivity index (χ3n) is 9.98. The van der Waals surface area contributed by atoms with Crippen LogP contribution in [0.4, 0.5) is 0 Å². The van der Waals surface area contributed by atoms with Crippen LogP contribution in [0.15, 0.2) is 0 Å². The zero-order chi connectivity index (χ0) is 18.7. The van der Waals surface area contributed by atoms with Gasteiger partial charge in [-0.25, -0.2) is 9.13 Å². The van der Waals surface area contributed by atoms with Gasteiger partial charge in [0.05, 0.1) is 5.66 Å². The monoisotopic (exact) mass is 380 g/mol. The van der Waals surface area contributed by atoms with E-state index in [1.54, 1.807) is 0 Å². The molecule has 4 saturated carbocycles. The number of aliphatic hydroxyl groups is 1. The topological polar surface area (TPSA) is 54.4 Å². The summed E-state index contributed by atoms with van der Waals surface area (Å²) in [6, 6.07) is 0. The van der Waals surface area contributed by atoms with Crippen LogP contribution >= 0.6 is 7.68 Å². The molecule has 0 aromatic carbocycles. The minimum atomic E-state index is -2.25. The van der Waals surface area contributed by atoms with Crippen LogP contribution in [-0.4, -0.2) is 17.4 Å². The van der Waals surface area contributed by atoms with Crippen LogP contribution in [-0.2, 0) is 9.13 Å². The summed E-state index contributed by atoms with van der Waals surface area (Å²) in [5.74, 6) is 4.19. The number of aliphatic hydroxyl groups excluding tert-OH is 1. The molecule has 4 heteroatoms. The molecule has 0 aromatic rings. The zero-order valence-corrected chi connectivity index (χ0v) is 17.7. The molecule has 0 radical (unpaired) electrons. The predicted octanol–water partition coefficient (Wildman–Crippen LogP) is 5.82. The maximum atomic E-state index is 11.6. The van der Waals surface area contributed by atoms with Gasteiger partial charge >= 0.3 is 7.68 Å². The Morgan fingerprint density at radius 2 is 1.65 bits per heavy atom. The van der Waals surface area contributed by atoms with Gasteiger partial charge in [0.2, 0.25) is 0 Å². The average Bonchev–Trinajstić information content (AvgIpc) is 2.97. The molecule has 9 atom stereocenters. The van der Waals surface area contributed by atoms with Crippen LogP contribution in [0.2, 0.25) is 0 Å². The lowest BCUT2D eigenvalue weighted by Crippen LogP contribution is -2.54. The zero-order valence-electron chi connectivity index (χ0n) is 16.8. The van der Waals surface area contributed by atoms with Gasteiger partial charge in [-0.1, -0.05) is 20.8 Å². The maximum absolute atomic E-state index is 11.6. The molecule has 4 fully saturated rings. The van der Waals surface area contributed by atoms with Gasteiger partial charge < -0.3 is 5.11 Å². The van der Waals surface area contributed by atoms with Crippen molar-refractivity contribution in [2.75, 3.05) is 6.61 Å². The molecular formula is C22H37O3P. The summed E-state index contributed by atoms with van der Waals surface area (Å²) in [5.41, 5.74) is 0.726. The molecular weight excluding hydrogens is 343 g/mol. The largest absolute Gasteiger partial charge is 0.396 e. The van der Waals surface area contributed by atoms with Crippen molar-refractivity contribution < 1.29 is 14.2 Å². The molecule has 3 nitrogen and oxygen atoms in total. The van der Waals surface area contributed by atoms with E-state index in [4.69, 9.17) is 0 Å². The minimum absolute atomic E-state index is 0.0604. The van der Waals surface area contributed by atoms with Crippen LogP contribution in [0.1, 0.15) is 78.6 Å². The summed E-state index contributed by atoms with van der Waals surface area (Å²) in [6.45, 7) is 7.61. The van der Waals surface area contributed by atoms with E-state index in [-0.39, 0.29) is 5.66 Å². The van der Waals surface area contributed by atoms with Crippen molar-refractivity contribution in [3.8, 4) is 0 Å². The van der Waals surface area contributed by atoms with E-state index in [9.17, 15) is 14.2 Å². The predicted molar refractivity (Wildman–Crippen MR) is 104 cm³/mol. The molecule has 1 N–H and O–H groups in total. The second-order valence-corrected chi connectivity index (χ2v) is 12.1. The molecule has 148 valence electrons. The molecule has 0 heterocycles. The Balaban J connectivity index is 1.57. The standard InChI is InChI=1S/C22H37O3P/c1-14(13-23)18-6-7-19-17-5-4-15-12-16(26(24)25)8-10-21(15,2)20(17)9-11-22(18,19)3/h14-20,23H,4-13H2,1-3H3/t14-,15+,16?,17+,18-,19+,20+,21+,22-/m1/s1. The molecule has 0 saturated heterocycles. The third-order valence-corrected chi connectivity index (χ3v) is 11.0. The highest BCUT2D eigenvalue weighted by Crippen LogP contribution is 2.68. The summed E-state index contributed by atoms with van der Waals surface area (Å²) in [5, 5.41) is 9.75. The van der Waals surface area contributed by atoms with Gasteiger partial charge in [-0.3, -0.25) is 0 Å². The fourth-order valence-corrected chi connectivity index (χ4v) is 9.30. The molecule has 0 bridgehead atoms. The molecule has 0 amide bonds. The van der Waals surface area contributed by atoms with Gasteiger partial charge in [0.1, 0.15) is 0 Å². The summed E-state index contributed by atoms with van der Waals surface area (Å²) >= 11 is 0. The first kappa shape index (κ1) is 19.2. The highest BCUT2D eigenvalue weighted by Gasteiger charge is 2.60. The van der Waals surface area contributed by atoms with Crippen LogP contribution in [0.3, 0.4) is 0 Å². The molecule has 4 aliphatic rings.